The van der Waals surface area contributed by atoms with E-state index in [1.54, 1.807) is 0 Å². The number of hydrogen-bond acceptors (Lipinski definition) is 3. The maximum atomic E-state index is 2.58. The third-order valence-corrected chi connectivity index (χ3v) is 5.29. The zero-order valence-electron chi connectivity index (χ0n) is 13.2. The van der Waals surface area contributed by atoms with E-state index in [9.17, 15) is 0 Å². The van der Waals surface area contributed by atoms with E-state index in [1.807, 2.05) is 11.3 Å². The van der Waals surface area contributed by atoms with Crippen molar-refractivity contribution < 1.29 is 0 Å². The fraction of sp³-hybridized carbons (Fsp3) is 0.444. The van der Waals surface area contributed by atoms with Gasteiger partial charge in [-0.1, -0.05) is 18.2 Å². The molecule has 2 heterocycles. The lowest BCUT2D eigenvalue weighted by Crippen LogP contribution is -2.46. The smallest absolute Gasteiger partial charge is 0.0426 e. The van der Waals surface area contributed by atoms with E-state index in [-0.39, 0.29) is 0 Å². The summed E-state index contributed by atoms with van der Waals surface area (Å²) >= 11 is 1.93. The minimum absolute atomic E-state index is 1.11. The molecule has 0 spiro atoms. The van der Waals surface area contributed by atoms with Crippen LogP contribution >= 0.6 is 11.3 Å². The molecule has 0 unspecified atom stereocenters. The SMILES string of the molecule is Cc1ccc(CN2CCN(c3c(C)cccc3C)CC2)s1. The third-order valence-electron chi connectivity index (χ3n) is 4.30. The van der Waals surface area contributed by atoms with E-state index >= 15 is 0 Å². The Kier molecular flexibility index (Phi) is 4.32. The molecule has 1 aromatic carbocycles. The van der Waals surface area contributed by atoms with Crippen LogP contribution in [0.25, 0.3) is 0 Å². The summed E-state index contributed by atoms with van der Waals surface area (Å²) in [6.45, 7) is 12.3. The van der Waals surface area contributed by atoms with Crippen LogP contribution in [0.15, 0.2) is 30.3 Å². The van der Waals surface area contributed by atoms with E-state index in [0.29, 0.717) is 0 Å². The largest absolute Gasteiger partial charge is 0.369 e. The highest BCUT2D eigenvalue weighted by Crippen LogP contribution is 2.26. The molecule has 2 nitrogen and oxygen atoms in total. The van der Waals surface area contributed by atoms with Crippen molar-refractivity contribution in [3.8, 4) is 0 Å². The highest BCUT2D eigenvalue weighted by molar-refractivity contribution is 7.11. The van der Waals surface area contributed by atoms with E-state index in [4.69, 9.17) is 0 Å². The second-order valence-electron chi connectivity index (χ2n) is 6.02. The Labute approximate surface area is 132 Å². The second-order valence-corrected chi connectivity index (χ2v) is 7.39. The molecule has 0 saturated carbocycles. The zero-order chi connectivity index (χ0) is 14.8. The average molecular weight is 300 g/mol. The standard InChI is InChI=1S/C18H24N2S/c1-14-5-4-6-15(2)18(14)20-11-9-19(10-12-20)13-17-8-7-16(3)21-17/h4-8H,9-13H2,1-3H3. The number of anilines is 1. The van der Waals surface area contributed by atoms with Crippen molar-refractivity contribution in [2.45, 2.75) is 27.3 Å². The van der Waals surface area contributed by atoms with Crippen LogP contribution in [0.2, 0.25) is 0 Å². The Morgan fingerprint density at radius 2 is 1.57 bits per heavy atom. The van der Waals surface area contributed by atoms with Crippen molar-refractivity contribution in [1.82, 2.24) is 4.90 Å². The van der Waals surface area contributed by atoms with Crippen LogP contribution < -0.4 is 4.90 Å². The lowest BCUT2D eigenvalue weighted by atomic mass is 10.1. The predicted octanol–water partition coefficient (Wildman–Crippen LogP) is 4.00. The normalized spacial score (nSPS) is 16.4. The average Bonchev–Trinajstić information content (AvgIpc) is 2.86. The minimum Gasteiger partial charge on any atom is -0.369 e. The van der Waals surface area contributed by atoms with Gasteiger partial charge >= 0.3 is 0 Å². The molecule has 21 heavy (non-hydrogen) atoms. The van der Waals surface area contributed by atoms with E-state index < -0.39 is 0 Å². The van der Waals surface area contributed by atoms with Gasteiger partial charge in [0.25, 0.3) is 0 Å². The molecule has 3 rings (SSSR count). The summed E-state index contributed by atoms with van der Waals surface area (Å²) in [6.07, 6.45) is 0. The summed E-state index contributed by atoms with van der Waals surface area (Å²) in [7, 11) is 0. The van der Waals surface area contributed by atoms with Crippen molar-refractivity contribution in [3.05, 3.63) is 51.2 Å². The highest BCUT2D eigenvalue weighted by Gasteiger charge is 2.19. The summed E-state index contributed by atoms with van der Waals surface area (Å²) in [6, 6.07) is 11.1. The van der Waals surface area contributed by atoms with Crippen molar-refractivity contribution in [1.29, 1.82) is 0 Å². The summed E-state index contributed by atoms with van der Waals surface area (Å²) in [5.74, 6) is 0. The van der Waals surface area contributed by atoms with Gasteiger partial charge < -0.3 is 4.90 Å². The summed E-state index contributed by atoms with van der Waals surface area (Å²) in [5.41, 5.74) is 4.25. The molecule has 1 aromatic heterocycles. The van der Waals surface area contributed by atoms with Gasteiger partial charge in [-0.15, -0.1) is 11.3 Å². The molecular formula is C18H24N2S. The van der Waals surface area contributed by atoms with Crippen LogP contribution in [0.4, 0.5) is 5.69 Å². The Bertz CT molecular complexity index is 589. The molecule has 0 radical (unpaired) electrons. The van der Waals surface area contributed by atoms with Gasteiger partial charge in [-0.3, -0.25) is 4.90 Å². The topological polar surface area (TPSA) is 6.48 Å². The molecule has 112 valence electrons. The Morgan fingerprint density at radius 1 is 0.905 bits per heavy atom. The van der Waals surface area contributed by atoms with E-state index in [2.05, 4.69) is 60.9 Å². The van der Waals surface area contributed by atoms with Crippen LogP contribution in [0.5, 0.6) is 0 Å². The van der Waals surface area contributed by atoms with Gasteiger partial charge in [0.05, 0.1) is 0 Å². The van der Waals surface area contributed by atoms with Gasteiger partial charge in [-0.05, 0) is 44.0 Å². The predicted molar refractivity (Wildman–Crippen MR) is 92.5 cm³/mol. The van der Waals surface area contributed by atoms with Crippen LogP contribution in [-0.2, 0) is 6.54 Å². The van der Waals surface area contributed by atoms with Crippen LogP contribution in [0.3, 0.4) is 0 Å². The maximum absolute atomic E-state index is 2.58. The van der Waals surface area contributed by atoms with Gasteiger partial charge in [0.15, 0.2) is 0 Å². The molecule has 0 bridgehead atoms. The van der Waals surface area contributed by atoms with Crippen molar-refractivity contribution in [2.24, 2.45) is 0 Å². The number of rotatable bonds is 3. The van der Waals surface area contributed by atoms with Gasteiger partial charge in [0.1, 0.15) is 0 Å². The van der Waals surface area contributed by atoms with Crippen molar-refractivity contribution >= 4 is 17.0 Å². The first-order valence-electron chi connectivity index (χ1n) is 7.72. The Balaban J connectivity index is 1.62. The van der Waals surface area contributed by atoms with Gasteiger partial charge in [-0.25, -0.2) is 0 Å². The maximum Gasteiger partial charge on any atom is 0.0426 e. The number of nitrogens with zero attached hydrogens (tertiary/aromatic N) is 2. The Morgan fingerprint density at radius 3 is 2.14 bits per heavy atom. The molecule has 0 atom stereocenters. The number of para-hydroxylation sites is 1. The molecule has 1 aliphatic heterocycles. The lowest BCUT2D eigenvalue weighted by molar-refractivity contribution is 0.252. The molecule has 1 saturated heterocycles. The first kappa shape index (κ1) is 14.6. The van der Waals surface area contributed by atoms with Gasteiger partial charge in [0, 0.05) is 48.2 Å². The molecule has 0 aliphatic carbocycles. The number of aryl methyl sites for hydroxylation is 3. The molecule has 3 heteroatoms. The van der Waals surface area contributed by atoms with Gasteiger partial charge in [0.2, 0.25) is 0 Å². The molecule has 0 N–H and O–H groups in total. The minimum atomic E-state index is 1.11. The quantitative estimate of drug-likeness (QED) is 0.845. The third kappa shape index (κ3) is 3.30. The van der Waals surface area contributed by atoms with Crippen molar-refractivity contribution in [2.75, 3.05) is 31.1 Å². The first-order valence-corrected chi connectivity index (χ1v) is 8.54. The zero-order valence-corrected chi connectivity index (χ0v) is 14.0. The Hall–Kier alpha value is -1.32. The number of thiophene rings is 1. The van der Waals surface area contributed by atoms with E-state index in [0.717, 1.165) is 32.7 Å². The molecule has 1 aliphatic rings. The molecule has 1 fully saturated rings. The summed E-state index contributed by atoms with van der Waals surface area (Å²) in [5, 5.41) is 0. The second kappa shape index (κ2) is 6.20. The summed E-state index contributed by atoms with van der Waals surface area (Å²) < 4.78 is 0. The fourth-order valence-electron chi connectivity index (χ4n) is 3.22. The molecular weight excluding hydrogens is 276 g/mol. The van der Waals surface area contributed by atoms with Crippen LogP contribution in [-0.4, -0.2) is 31.1 Å². The number of hydrogen-bond donors (Lipinski definition) is 0. The highest BCUT2D eigenvalue weighted by atomic mass is 32.1. The number of benzene rings is 1. The monoisotopic (exact) mass is 300 g/mol. The summed E-state index contributed by atoms with van der Waals surface area (Å²) in [4.78, 5) is 8.04. The first-order chi connectivity index (χ1) is 10.1. The molecule has 0 amide bonds. The van der Waals surface area contributed by atoms with Gasteiger partial charge in [-0.2, -0.15) is 0 Å². The van der Waals surface area contributed by atoms with Crippen LogP contribution in [0, 0.1) is 20.8 Å². The molecule has 2 aromatic rings. The number of piperazine rings is 1. The van der Waals surface area contributed by atoms with Crippen molar-refractivity contribution in [3.63, 3.8) is 0 Å². The fourth-order valence-corrected chi connectivity index (χ4v) is 4.16. The lowest BCUT2D eigenvalue weighted by Gasteiger charge is -2.37. The van der Waals surface area contributed by atoms with E-state index in [1.165, 1.54) is 26.6 Å². The van der Waals surface area contributed by atoms with Crippen LogP contribution in [0.1, 0.15) is 20.9 Å².